The Bertz CT molecular complexity index is 950. The number of carbonyl (C=O) groups excluding carboxylic acids is 1. The van der Waals surface area contributed by atoms with Crippen molar-refractivity contribution in [2.24, 2.45) is 0 Å². The SMILES string of the molecule is O=C(NCCCS(=O)(=O)N1CCc2ccccc2C1)c1cc(Br)ccc1Cl. The van der Waals surface area contributed by atoms with Crippen LogP contribution in [0.15, 0.2) is 46.9 Å². The molecule has 0 saturated heterocycles. The molecule has 3 rings (SSSR count). The minimum Gasteiger partial charge on any atom is -0.352 e. The second-order valence-electron chi connectivity index (χ2n) is 6.40. The number of hydrogen-bond donors (Lipinski definition) is 1. The molecule has 1 amide bonds. The minimum absolute atomic E-state index is 0.00165. The van der Waals surface area contributed by atoms with E-state index in [9.17, 15) is 13.2 Å². The average molecular weight is 472 g/mol. The first-order valence-electron chi connectivity index (χ1n) is 8.65. The fourth-order valence-corrected chi connectivity index (χ4v) is 5.10. The number of hydrogen-bond acceptors (Lipinski definition) is 3. The lowest BCUT2D eigenvalue weighted by Gasteiger charge is -2.28. The lowest BCUT2D eigenvalue weighted by molar-refractivity contribution is 0.0953. The summed E-state index contributed by atoms with van der Waals surface area (Å²) >= 11 is 9.34. The Labute approximate surface area is 172 Å². The van der Waals surface area contributed by atoms with Gasteiger partial charge in [-0.25, -0.2) is 8.42 Å². The molecule has 27 heavy (non-hydrogen) atoms. The van der Waals surface area contributed by atoms with Crippen LogP contribution in [-0.2, 0) is 23.0 Å². The van der Waals surface area contributed by atoms with Crippen LogP contribution in [0.2, 0.25) is 5.02 Å². The van der Waals surface area contributed by atoms with Crippen LogP contribution in [0.3, 0.4) is 0 Å². The van der Waals surface area contributed by atoms with Crippen molar-refractivity contribution in [3.05, 3.63) is 68.7 Å². The summed E-state index contributed by atoms with van der Waals surface area (Å²) < 4.78 is 27.5. The summed E-state index contributed by atoms with van der Waals surface area (Å²) in [6.45, 7) is 1.18. The van der Waals surface area contributed by atoms with E-state index in [4.69, 9.17) is 11.6 Å². The number of sulfonamides is 1. The second kappa shape index (κ2) is 8.73. The maximum absolute atomic E-state index is 12.6. The zero-order chi connectivity index (χ0) is 19.4. The third-order valence-electron chi connectivity index (χ3n) is 4.53. The molecule has 0 aromatic heterocycles. The van der Waals surface area contributed by atoms with Crippen LogP contribution in [0.5, 0.6) is 0 Å². The number of carbonyl (C=O) groups is 1. The van der Waals surface area contributed by atoms with Gasteiger partial charge in [-0.15, -0.1) is 0 Å². The van der Waals surface area contributed by atoms with Crippen molar-refractivity contribution < 1.29 is 13.2 Å². The summed E-state index contributed by atoms with van der Waals surface area (Å²) in [7, 11) is -3.36. The Hall–Kier alpha value is -1.41. The Balaban J connectivity index is 1.51. The van der Waals surface area contributed by atoms with Crippen molar-refractivity contribution in [3.8, 4) is 0 Å². The zero-order valence-corrected chi connectivity index (χ0v) is 17.8. The molecule has 8 heteroatoms. The van der Waals surface area contributed by atoms with Gasteiger partial charge in [0.05, 0.1) is 16.3 Å². The molecule has 0 spiro atoms. The number of nitrogens with one attached hydrogen (secondary N) is 1. The molecule has 1 heterocycles. The number of halogens is 2. The van der Waals surface area contributed by atoms with E-state index >= 15 is 0 Å². The van der Waals surface area contributed by atoms with Crippen molar-refractivity contribution in [2.75, 3.05) is 18.8 Å². The highest BCUT2D eigenvalue weighted by Gasteiger charge is 2.26. The smallest absolute Gasteiger partial charge is 0.252 e. The molecule has 2 aromatic carbocycles. The van der Waals surface area contributed by atoms with Gasteiger partial charge in [0.25, 0.3) is 5.91 Å². The lowest BCUT2D eigenvalue weighted by Crippen LogP contribution is -2.38. The van der Waals surface area contributed by atoms with E-state index in [1.807, 2.05) is 24.3 Å². The van der Waals surface area contributed by atoms with Gasteiger partial charge in [0.1, 0.15) is 0 Å². The fraction of sp³-hybridized carbons (Fsp3) is 0.316. The summed E-state index contributed by atoms with van der Waals surface area (Å²) in [5.74, 6) is -0.313. The molecular weight excluding hydrogens is 452 g/mol. The summed E-state index contributed by atoms with van der Waals surface area (Å²) in [5, 5.41) is 3.09. The Kier molecular flexibility index (Phi) is 6.57. The highest BCUT2D eigenvalue weighted by molar-refractivity contribution is 9.10. The van der Waals surface area contributed by atoms with Crippen molar-refractivity contribution in [1.82, 2.24) is 9.62 Å². The van der Waals surface area contributed by atoms with Crippen molar-refractivity contribution >= 4 is 43.5 Å². The van der Waals surface area contributed by atoms with Gasteiger partial charge in [-0.3, -0.25) is 4.79 Å². The van der Waals surface area contributed by atoms with Gasteiger partial charge in [-0.05, 0) is 42.2 Å². The van der Waals surface area contributed by atoms with E-state index in [-0.39, 0.29) is 18.2 Å². The molecule has 0 atom stereocenters. The highest BCUT2D eigenvalue weighted by Crippen LogP contribution is 2.22. The topological polar surface area (TPSA) is 66.5 Å². The largest absolute Gasteiger partial charge is 0.352 e. The van der Waals surface area contributed by atoms with Crippen LogP contribution >= 0.6 is 27.5 Å². The first-order chi connectivity index (χ1) is 12.9. The summed E-state index contributed by atoms with van der Waals surface area (Å²) in [4.78, 5) is 12.2. The summed E-state index contributed by atoms with van der Waals surface area (Å²) in [5.41, 5.74) is 2.63. The third-order valence-corrected chi connectivity index (χ3v) is 7.25. The average Bonchev–Trinajstić information content (AvgIpc) is 2.66. The predicted octanol–water partition coefficient (Wildman–Crippen LogP) is 3.61. The molecule has 0 fully saturated rings. The van der Waals surface area contributed by atoms with Gasteiger partial charge in [0.15, 0.2) is 0 Å². The van der Waals surface area contributed by atoms with Crippen LogP contribution in [-0.4, -0.2) is 37.5 Å². The maximum Gasteiger partial charge on any atom is 0.252 e. The molecule has 1 aliphatic rings. The lowest BCUT2D eigenvalue weighted by atomic mass is 10.0. The molecule has 0 radical (unpaired) electrons. The number of benzene rings is 2. The predicted molar refractivity (Wildman–Crippen MR) is 110 cm³/mol. The van der Waals surface area contributed by atoms with Crippen molar-refractivity contribution in [3.63, 3.8) is 0 Å². The monoisotopic (exact) mass is 470 g/mol. The molecular formula is C19H20BrClN2O3S. The van der Waals surface area contributed by atoms with E-state index in [0.29, 0.717) is 30.1 Å². The van der Waals surface area contributed by atoms with Gasteiger partial charge >= 0.3 is 0 Å². The molecule has 2 aromatic rings. The van der Waals surface area contributed by atoms with Gasteiger partial charge in [0, 0.05) is 24.1 Å². The third kappa shape index (κ3) is 5.10. The van der Waals surface area contributed by atoms with Gasteiger partial charge in [-0.2, -0.15) is 4.31 Å². The van der Waals surface area contributed by atoms with Crippen LogP contribution in [0, 0.1) is 0 Å². The van der Waals surface area contributed by atoms with E-state index in [1.165, 1.54) is 9.87 Å². The first-order valence-corrected chi connectivity index (χ1v) is 11.4. The molecule has 5 nitrogen and oxygen atoms in total. The molecule has 0 saturated carbocycles. The number of nitrogens with zero attached hydrogens (tertiary/aromatic N) is 1. The van der Waals surface area contributed by atoms with Crippen LogP contribution in [0.25, 0.3) is 0 Å². The Morgan fingerprint density at radius 2 is 1.93 bits per heavy atom. The van der Waals surface area contributed by atoms with Crippen LogP contribution < -0.4 is 5.32 Å². The number of fused-ring (bicyclic) bond motifs is 1. The second-order valence-corrected chi connectivity index (χ2v) is 9.81. The molecule has 144 valence electrons. The standard InChI is InChI=1S/C19H20BrClN2O3S/c20-16-6-7-18(21)17(12-16)19(24)22-9-3-11-27(25,26)23-10-8-14-4-1-2-5-15(14)13-23/h1-2,4-7,12H,3,8-11,13H2,(H,22,24). The highest BCUT2D eigenvalue weighted by atomic mass is 79.9. The van der Waals surface area contributed by atoms with Crippen molar-refractivity contribution in [2.45, 2.75) is 19.4 Å². The fourth-order valence-electron chi connectivity index (χ4n) is 3.06. The van der Waals surface area contributed by atoms with E-state index < -0.39 is 10.0 Å². The Morgan fingerprint density at radius 3 is 2.70 bits per heavy atom. The molecule has 0 aliphatic carbocycles. The summed E-state index contributed by atoms with van der Waals surface area (Å²) in [6.07, 6.45) is 1.07. The first kappa shape index (κ1) is 20.3. The van der Waals surface area contributed by atoms with Gasteiger partial charge in [-0.1, -0.05) is 51.8 Å². The molecule has 1 N–H and O–H groups in total. The van der Waals surface area contributed by atoms with Gasteiger partial charge < -0.3 is 5.32 Å². The molecule has 0 bridgehead atoms. The van der Waals surface area contributed by atoms with Crippen LogP contribution in [0.1, 0.15) is 27.9 Å². The quantitative estimate of drug-likeness (QED) is 0.655. The normalized spacial score (nSPS) is 14.6. The molecule has 0 unspecified atom stereocenters. The zero-order valence-electron chi connectivity index (χ0n) is 14.6. The van der Waals surface area contributed by atoms with Gasteiger partial charge in [0.2, 0.25) is 10.0 Å². The Morgan fingerprint density at radius 1 is 1.19 bits per heavy atom. The van der Waals surface area contributed by atoms with E-state index in [0.717, 1.165) is 16.5 Å². The maximum atomic E-state index is 12.6. The van der Waals surface area contributed by atoms with E-state index in [1.54, 1.807) is 18.2 Å². The molecule has 1 aliphatic heterocycles. The number of amides is 1. The number of rotatable bonds is 6. The summed E-state index contributed by atoms with van der Waals surface area (Å²) in [6, 6.07) is 12.9. The minimum atomic E-state index is -3.36. The van der Waals surface area contributed by atoms with E-state index in [2.05, 4.69) is 21.2 Å². The van der Waals surface area contributed by atoms with Crippen LogP contribution in [0.4, 0.5) is 0 Å². The van der Waals surface area contributed by atoms with Crippen molar-refractivity contribution in [1.29, 1.82) is 0 Å².